The normalized spacial score (nSPS) is 17.1. The second-order valence-electron chi connectivity index (χ2n) is 7.15. The summed E-state index contributed by atoms with van der Waals surface area (Å²) in [5.74, 6) is 0.0445. The fraction of sp³-hybridized carbons (Fsp3) is 0.550. The van der Waals surface area contributed by atoms with Gasteiger partial charge in [-0.05, 0) is 51.4 Å². The van der Waals surface area contributed by atoms with Gasteiger partial charge in [-0.3, -0.25) is 14.4 Å². The van der Waals surface area contributed by atoms with E-state index in [9.17, 15) is 14.4 Å². The molecule has 1 aliphatic rings. The first-order valence-corrected chi connectivity index (χ1v) is 10.8. The summed E-state index contributed by atoms with van der Waals surface area (Å²) in [7, 11) is 0. The van der Waals surface area contributed by atoms with Crippen LogP contribution in [-0.4, -0.2) is 60.3 Å². The van der Waals surface area contributed by atoms with Gasteiger partial charge in [0.2, 0.25) is 17.7 Å². The minimum Gasteiger partial charge on any atom is -0.369 e. The molecule has 1 atom stereocenters. The topological polar surface area (TPSA) is 105 Å². The zero-order chi connectivity index (χ0) is 20.4. The summed E-state index contributed by atoms with van der Waals surface area (Å²) < 4.78 is 0. The summed E-state index contributed by atoms with van der Waals surface area (Å²) in [6, 6.07) is 7.60. The Kier molecular flexibility index (Phi) is 9.30. The lowest BCUT2D eigenvalue weighted by molar-refractivity contribution is -0.123. The Balaban J connectivity index is 1.52. The van der Waals surface area contributed by atoms with E-state index < -0.39 is 0 Å². The lowest BCUT2D eigenvalue weighted by Gasteiger charge is -2.31. The standard InChI is InChI=1S/C20H30N4O3S/c1-15-5-7-17(8-6-15)23-19(26)14-28-13-18(25)22-9-3-11-24-10-2-4-16(12-24)20(21)27/h5-8,16H,2-4,9-14H2,1H3,(H2,21,27)(H,22,25)(H,23,26). The summed E-state index contributed by atoms with van der Waals surface area (Å²) in [5, 5.41) is 5.69. The van der Waals surface area contributed by atoms with Gasteiger partial charge in [0.15, 0.2) is 0 Å². The maximum absolute atomic E-state index is 11.9. The van der Waals surface area contributed by atoms with Crippen LogP contribution < -0.4 is 16.4 Å². The van der Waals surface area contributed by atoms with Gasteiger partial charge >= 0.3 is 0 Å². The molecule has 1 fully saturated rings. The van der Waals surface area contributed by atoms with Crippen LogP contribution in [-0.2, 0) is 14.4 Å². The Morgan fingerprint density at radius 3 is 2.61 bits per heavy atom. The number of benzene rings is 1. The van der Waals surface area contributed by atoms with Gasteiger partial charge in [0.05, 0.1) is 17.4 Å². The van der Waals surface area contributed by atoms with Crippen molar-refractivity contribution in [2.75, 3.05) is 43.0 Å². The lowest BCUT2D eigenvalue weighted by atomic mass is 9.97. The molecule has 154 valence electrons. The number of hydrogen-bond acceptors (Lipinski definition) is 5. The minimum atomic E-state index is -0.221. The molecule has 0 aromatic heterocycles. The van der Waals surface area contributed by atoms with Gasteiger partial charge in [0.25, 0.3) is 0 Å². The molecule has 28 heavy (non-hydrogen) atoms. The van der Waals surface area contributed by atoms with E-state index in [1.165, 1.54) is 11.8 Å². The van der Waals surface area contributed by atoms with Crippen LogP contribution in [0.1, 0.15) is 24.8 Å². The van der Waals surface area contributed by atoms with Crippen molar-refractivity contribution in [1.82, 2.24) is 10.2 Å². The van der Waals surface area contributed by atoms with Gasteiger partial charge in [0, 0.05) is 18.8 Å². The fourth-order valence-corrected chi connectivity index (χ4v) is 3.79. The van der Waals surface area contributed by atoms with E-state index in [2.05, 4.69) is 15.5 Å². The molecule has 1 aromatic carbocycles. The highest BCUT2D eigenvalue weighted by Gasteiger charge is 2.23. The van der Waals surface area contributed by atoms with Crippen LogP contribution in [0, 0.1) is 12.8 Å². The van der Waals surface area contributed by atoms with Crippen LogP contribution in [0.5, 0.6) is 0 Å². The molecule has 1 aromatic rings. The van der Waals surface area contributed by atoms with Crippen molar-refractivity contribution >= 4 is 35.2 Å². The van der Waals surface area contributed by atoms with E-state index in [-0.39, 0.29) is 35.1 Å². The molecule has 1 unspecified atom stereocenters. The molecule has 4 N–H and O–H groups in total. The predicted molar refractivity (Wildman–Crippen MR) is 113 cm³/mol. The number of primary amides is 1. The Hall–Kier alpha value is -2.06. The van der Waals surface area contributed by atoms with E-state index >= 15 is 0 Å². The quantitative estimate of drug-likeness (QED) is 0.509. The van der Waals surface area contributed by atoms with Crippen molar-refractivity contribution in [1.29, 1.82) is 0 Å². The second-order valence-corrected chi connectivity index (χ2v) is 8.14. The number of nitrogens with two attached hydrogens (primary N) is 1. The van der Waals surface area contributed by atoms with Crippen molar-refractivity contribution in [2.24, 2.45) is 11.7 Å². The molecule has 0 saturated carbocycles. The molecule has 3 amide bonds. The number of anilines is 1. The van der Waals surface area contributed by atoms with E-state index in [1.807, 2.05) is 31.2 Å². The molecular weight excluding hydrogens is 376 g/mol. The second kappa shape index (κ2) is 11.7. The third-order valence-electron chi connectivity index (χ3n) is 4.68. The SMILES string of the molecule is Cc1ccc(NC(=O)CSCC(=O)NCCCN2CCCC(C(N)=O)C2)cc1. The molecule has 1 saturated heterocycles. The number of piperidine rings is 1. The molecule has 0 spiro atoms. The first-order chi connectivity index (χ1) is 13.4. The number of carbonyl (C=O) groups is 3. The monoisotopic (exact) mass is 406 g/mol. The molecule has 2 rings (SSSR count). The van der Waals surface area contributed by atoms with Gasteiger partial charge in [-0.25, -0.2) is 0 Å². The average molecular weight is 407 g/mol. The van der Waals surface area contributed by atoms with Crippen LogP contribution in [0.3, 0.4) is 0 Å². The first-order valence-electron chi connectivity index (χ1n) is 9.66. The number of amides is 3. The molecule has 1 aliphatic heterocycles. The summed E-state index contributed by atoms with van der Waals surface area (Å²) in [4.78, 5) is 37.3. The van der Waals surface area contributed by atoms with E-state index in [4.69, 9.17) is 5.73 Å². The zero-order valence-electron chi connectivity index (χ0n) is 16.4. The van der Waals surface area contributed by atoms with Crippen LogP contribution in [0.15, 0.2) is 24.3 Å². The van der Waals surface area contributed by atoms with Crippen molar-refractivity contribution in [3.05, 3.63) is 29.8 Å². The number of thioether (sulfide) groups is 1. The summed E-state index contributed by atoms with van der Waals surface area (Å²) in [6.07, 6.45) is 2.69. The summed E-state index contributed by atoms with van der Waals surface area (Å²) in [5.41, 5.74) is 7.28. The molecule has 0 radical (unpaired) electrons. The van der Waals surface area contributed by atoms with Crippen molar-refractivity contribution in [3.63, 3.8) is 0 Å². The van der Waals surface area contributed by atoms with Gasteiger partial charge in [-0.1, -0.05) is 17.7 Å². The molecule has 0 bridgehead atoms. The van der Waals surface area contributed by atoms with E-state index in [0.717, 1.165) is 50.1 Å². The Morgan fingerprint density at radius 1 is 1.18 bits per heavy atom. The first kappa shape index (κ1) is 22.2. The number of hydrogen-bond donors (Lipinski definition) is 3. The smallest absolute Gasteiger partial charge is 0.234 e. The number of nitrogens with one attached hydrogen (secondary N) is 2. The molecular formula is C20H30N4O3S. The molecule has 7 nitrogen and oxygen atoms in total. The van der Waals surface area contributed by atoms with E-state index in [1.54, 1.807) is 0 Å². The third-order valence-corrected chi connectivity index (χ3v) is 5.62. The Bertz CT molecular complexity index is 666. The number of rotatable bonds is 10. The zero-order valence-corrected chi connectivity index (χ0v) is 17.2. The van der Waals surface area contributed by atoms with Crippen LogP contribution >= 0.6 is 11.8 Å². The highest BCUT2D eigenvalue weighted by atomic mass is 32.2. The number of carbonyl (C=O) groups excluding carboxylic acids is 3. The number of nitrogens with zero attached hydrogens (tertiary/aromatic N) is 1. The molecule has 1 heterocycles. The Morgan fingerprint density at radius 2 is 1.89 bits per heavy atom. The number of likely N-dealkylation sites (tertiary alicyclic amines) is 1. The highest BCUT2D eigenvalue weighted by Crippen LogP contribution is 2.16. The van der Waals surface area contributed by atoms with Gasteiger partial charge < -0.3 is 21.3 Å². The van der Waals surface area contributed by atoms with Crippen molar-refractivity contribution in [3.8, 4) is 0 Å². The molecule has 0 aliphatic carbocycles. The van der Waals surface area contributed by atoms with Crippen molar-refractivity contribution in [2.45, 2.75) is 26.2 Å². The highest BCUT2D eigenvalue weighted by molar-refractivity contribution is 8.00. The largest absolute Gasteiger partial charge is 0.369 e. The van der Waals surface area contributed by atoms with Crippen LogP contribution in [0.25, 0.3) is 0 Å². The maximum Gasteiger partial charge on any atom is 0.234 e. The lowest BCUT2D eigenvalue weighted by Crippen LogP contribution is -2.42. The predicted octanol–water partition coefficient (Wildman–Crippen LogP) is 1.37. The van der Waals surface area contributed by atoms with Gasteiger partial charge in [-0.15, -0.1) is 11.8 Å². The van der Waals surface area contributed by atoms with Crippen molar-refractivity contribution < 1.29 is 14.4 Å². The summed E-state index contributed by atoms with van der Waals surface area (Å²) >= 11 is 1.30. The Labute approximate surface area is 170 Å². The van der Waals surface area contributed by atoms with E-state index in [0.29, 0.717) is 6.54 Å². The van der Waals surface area contributed by atoms with Crippen LogP contribution in [0.4, 0.5) is 5.69 Å². The van der Waals surface area contributed by atoms with Gasteiger partial charge in [-0.2, -0.15) is 0 Å². The third kappa shape index (κ3) is 8.31. The fourth-order valence-electron chi connectivity index (χ4n) is 3.14. The average Bonchev–Trinajstić information content (AvgIpc) is 2.67. The minimum absolute atomic E-state index is 0.0502. The molecule has 8 heteroatoms. The summed E-state index contributed by atoms with van der Waals surface area (Å²) in [6.45, 7) is 5.12. The van der Waals surface area contributed by atoms with Gasteiger partial charge in [0.1, 0.15) is 0 Å². The number of aryl methyl sites for hydroxylation is 1. The van der Waals surface area contributed by atoms with Crippen LogP contribution in [0.2, 0.25) is 0 Å². The maximum atomic E-state index is 11.9.